The van der Waals surface area contributed by atoms with Gasteiger partial charge in [-0.1, -0.05) is 17.6 Å². The van der Waals surface area contributed by atoms with E-state index >= 15 is 0 Å². The minimum absolute atomic E-state index is 0.00112. The molecule has 35 heavy (non-hydrogen) atoms. The molecule has 1 amide bonds. The zero-order chi connectivity index (χ0) is 23.8. The largest absolute Gasteiger partial charge is 0.368 e. The maximum atomic E-state index is 11.7. The zero-order valence-corrected chi connectivity index (χ0v) is 18.9. The lowest BCUT2D eigenvalue weighted by atomic mass is 9.64. The van der Waals surface area contributed by atoms with E-state index in [1.165, 1.54) is 0 Å². The topological polar surface area (TPSA) is 149 Å². The number of nitrogen functional groups attached to an aromatic ring is 1. The highest BCUT2D eigenvalue weighted by Crippen LogP contribution is 2.48. The Hall–Kier alpha value is -4.41. The van der Waals surface area contributed by atoms with Gasteiger partial charge >= 0.3 is 0 Å². The third-order valence-corrected chi connectivity index (χ3v) is 6.70. The summed E-state index contributed by atoms with van der Waals surface area (Å²) in [6.45, 7) is 1.64. The van der Waals surface area contributed by atoms with Gasteiger partial charge in [0, 0.05) is 43.4 Å². The van der Waals surface area contributed by atoms with Crippen LogP contribution in [-0.2, 0) is 10.2 Å². The Balaban J connectivity index is 1.23. The Morgan fingerprint density at radius 1 is 0.971 bits per heavy atom. The predicted molar refractivity (Wildman–Crippen MR) is 127 cm³/mol. The molecule has 0 radical (unpaired) electrons. The molecule has 0 atom stereocenters. The van der Waals surface area contributed by atoms with Crippen LogP contribution < -0.4 is 16.0 Å². The van der Waals surface area contributed by atoms with E-state index < -0.39 is 0 Å². The van der Waals surface area contributed by atoms with E-state index in [4.69, 9.17) is 15.2 Å². The molecule has 0 spiro atoms. The van der Waals surface area contributed by atoms with E-state index in [0.717, 1.165) is 54.0 Å². The first-order valence-corrected chi connectivity index (χ1v) is 11.5. The number of piperazine rings is 1. The summed E-state index contributed by atoms with van der Waals surface area (Å²) in [5.41, 5.74) is 8.62. The van der Waals surface area contributed by atoms with Crippen LogP contribution in [-0.4, -0.2) is 55.6 Å². The van der Waals surface area contributed by atoms with Crippen LogP contribution in [0, 0.1) is 0 Å². The second-order valence-corrected chi connectivity index (χ2v) is 8.80. The molecule has 1 aliphatic carbocycles. The quantitative estimate of drug-likeness (QED) is 0.444. The number of carbonyl (C=O) groups excluding carboxylic acids is 1. The van der Waals surface area contributed by atoms with E-state index in [9.17, 15) is 4.79 Å². The number of rotatable bonds is 5. The molecule has 4 aromatic rings. The summed E-state index contributed by atoms with van der Waals surface area (Å²) >= 11 is 0. The summed E-state index contributed by atoms with van der Waals surface area (Å²) in [4.78, 5) is 35.6. The Kier molecular flexibility index (Phi) is 5.09. The van der Waals surface area contributed by atoms with E-state index in [0.29, 0.717) is 24.8 Å². The van der Waals surface area contributed by atoms with Crippen LogP contribution in [0.5, 0.6) is 0 Å². The zero-order valence-electron chi connectivity index (χ0n) is 18.9. The van der Waals surface area contributed by atoms with Crippen molar-refractivity contribution in [3.63, 3.8) is 0 Å². The highest BCUT2D eigenvalue weighted by molar-refractivity contribution is 5.82. The van der Waals surface area contributed by atoms with Gasteiger partial charge in [-0.2, -0.15) is 4.98 Å². The van der Waals surface area contributed by atoms with Gasteiger partial charge in [-0.25, -0.2) is 15.0 Å². The van der Waals surface area contributed by atoms with Gasteiger partial charge in [-0.15, -0.1) is 0 Å². The van der Waals surface area contributed by atoms with E-state index in [2.05, 4.69) is 36.5 Å². The summed E-state index contributed by atoms with van der Waals surface area (Å²) in [5, 5.41) is 7.15. The van der Waals surface area contributed by atoms with Crippen molar-refractivity contribution in [1.82, 2.24) is 35.4 Å². The summed E-state index contributed by atoms with van der Waals surface area (Å²) in [5.74, 6) is 2.05. The second-order valence-electron chi connectivity index (χ2n) is 8.80. The van der Waals surface area contributed by atoms with Crippen LogP contribution in [0.4, 0.5) is 11.8 Å². The van der Waals surface area contributed by atoms with Crippen molar-refractivity contribution >= 4 is 17.7 Å². The molecular weight excluding hydrogens is 446 g/mol. The molecule has 5 heterocycles. The number of amides is 1. The van der Waals surface area contributed by atoms with Gasteiger partial charge in [-0.3, -0.25) is 9.78 Å². The van der Waals surface area contributed by atoms with Crippen molar-refractivity contribution < 1.29 is 9.32 Å². The minimum Gasteiger partial charge on any atom is -0.368 e. The summed E-state index contributed by atoms with van der Waals surface area (Å²) in [6.07, 6.45) is 9.82. The number of hydrogen-bond donors (Lipinski definition) is 2. The first-order valence-electron chi connectivity index (χ1n) is 11.5. The fourth-order valence-electron chi connectivity index (χ4n) is 4.56. The van der Waals surface area contributed by atoms with E-state index in [1.54, 1.807) is 18.6 Å². The van der Waals surface area contributed by atoms with Crippen LogP contribution >= 0.6 is 0 Å². The van der Waals surface area contributed by atoms with Gasteiger partial charge in [0.05, 0.1) is 23.2 Å². The van der Waals surface area contributed by atoms with Crippen molar-refractivity contribution in [2.75, 3.05) is 30.3 Å². The van der Waals surface area contributed by atoms with Crippen molar-refractivity contribution in [3.05, 3.63) is 60.4 Å². The van der Waals surface area contributed by atoms with Gasteiger partial charge in [0.25, 0.3) is 5.89 Å². The normalized spacial score (nSPS) is 17.0. The summed E-state index contributed by atoms with van der Waals surface area (Å²) in [6, 6.07) is 7.78. The molecule has 11 nitrogen and oxygen atoms in total. The fraction of sp³-hybridized carbons (Fsp3) is 0.292. The molecule has 2 fully saturated rings. The average Bonchev–Trinajstić information content (AvgIpc) is 3.35. The number of anilines is 2. The lowest BCUT2D eigenvalue weighted by Crippen LogP contribution is -2.48. The number of carbonyl (C=O) groups is 1. The Bertz CT molecular complexity index is 1350. The van der Waals surface area contributed by atoms with Gasteiger partial charge in [-0.05, 0) is 36.6 Å². The van der Waals surface area contributed by atoms with Crippen molar-refractivity contribution in [2.45, 2.75) is 24.7 Å². The fourth-order valence-corrected chi connectivity index (χ4v) is 4.56. The highest BCUT2D eigenvalue weighted by Gasteiger charge is 2.45. The highest BCUT2D eigenvalue weighted by atomic mass is 16.5. The number of pyridine rings is 2. The summed E-state index contributed by atoms with van der Waals surface area (Å²) in [7, 11) is 0. The summed E-state index contributed by atoms with van der Waals surface area (Å²) < 4.78 is 5.63. The molecule has 2 aliphatic rings. The second kappa shape index (κ2) is 8.42. The Morgan fingerprint density at radius 2 is 1.80 bits per heavy atom. The molecule has 176 valence electrons. The smallest absolute Gasteiger partial charge is 0.259 e. The first-order chi connectivity index (χ1) is 17.1. The maximum absolute atomic E-state index is 11.7. The van der Waals surface area contributed by atoms with Gasteiger partial charge < -0.3 is 20.5 Å². The molecule has 0 bridgehead atoms. The van der Waals surface area contributed by atoms with E-state index in [-0.39, 0.29) is 17.3 Å². The monoisotopic (exact) mass is 469 g/mol. The van der Waals surface area contributed by atoms with Crippen LogP contribution in [0.3, 0.4) is 0 Å². The molecular formula is C24H23N9O2. The third kappa shape index (κ3) is 3.84. The number of hydrogen-bond acceptors (Lipinski definition) is 10. The SMILES string of the molecule is Nc1ncc(-c2ccc(C3(c4noc(-c5ccc(N6CCNC(=O)C6)nc5)n4)CCC3)cn2)cn1. The number of aromatic nitrogens is 6. The lowest BCUT2D eigenvalue weighted by Gasteiger charge is -2.39. The lowest BCUT2D eigenvalue weighted by molar-refractivity contribution is -0.120. The maximum Gasteiger partial charge on any atom is 0.259 e. The molecule has 1 aliphatic heterocycles. The van der Waals surface area contributed by atoms with Crippen molar-refractivity contribution in [1.29, 1.82) is 0 Å². The molecule has 0 unspecified atom stereocenters. The van der Waals surface area contributed by atoms with Crippen molar-refractivity contribution in [2.24, 2.45) is 0 Å². The van der Waals surface area contributed by atoms with E-state index in [1.807, 2.05) is 29.3 Å². The minimum atomic E-state index is -0.320. The average molecular weight is 470 g/mol. The molecule has 6 rings (SSSR count). The first kappa shape index (κ1) is 21.1. The molecule has 4 aromatic heterocycles. The molecule has 1 saturated heterocycles. The number of nitrogens with one attached hydrogen (secondary N) is 1. The van der Waals surface area contributed by atoms with Crippen LogP contribution in [0.25, 0.3) is 22.7 Å². The molecule has 1 saturated carbocycles. The third-order valence-electron chi connectivity index (χ3n) is 6.70. The number of nitrogens with zero attached hydrogens (tertiary/aromatic N) is 7. The standard InChI is InChI=1S/C24H23N9O2/c25-23-29-11-16(12-30-23)18-4-3-17(13-27-18)24(6-1-7-24)22-31-21(35-32-22)15-2-5-19(28-10-15)33-9-8-26-20(34)14-33/h2-5,10-13H,1,6-9,14H2,(H,26,34)(H2,25,29,30). The van der Waals surface area contributed by atoms with Gasteiger partial charge in [0.1, 0.15) is 5.82 Å². The van der Waals surface area contributed by atoms with Crippen molar-refractivity contribution in [3.8, 4) is 22.7 Å². The van der Waals surface area contributed by atoms with Crippen LogP contribution in [0.15, 0.2) is 53.6 Å². The Morgan fingerprint density at radius 3 is 2.46 bits per heavy atom. The molecule has 11 heteroatoms. The molecule has 0 aromatic carbocycles. The van der Waals surface area contributed by atoms with Gasteiger partial charge in [0.15, 0.2) is 5.82 Å². The van der Waals surface area contributed by atoms with Crippen LogP contribution in [0.1, 0.15) is 30.7 Å². The Labute approximate surface area is 200 Å². The molecule has 3 N–H and O–H groups in total. The van der Waals surface area contributed by atoms with Gasteiger partial charge in [0.2, 0.25) is 11.9 Å². The predicted octanol–water partition coefficient (Wildman–Crippen LogP) is 1.97. The van der Waals surface area contributed by atoms with Crippen LogP contribution in [0.2, 0.25) is 0 Å². The number of nitrogens with two attached hydrogens (primary N) is 1.